The molecule has 3 N–H and O–H groups in total. The third kappa shape index (κ3) is 1.57. The van der Waals surface area contributed by atoms with Gasteiger partial charge in [-0.05, 0) is 0 Å². The van der Waals surface area contributed by atoms with Crippen LogP contribution in [0.4, 0.5) is 0 Å². The molecule has 80 valence electrons. The Labute approximate surface area is 84.4 Å². The molecule has 1 aromatic heterocycles. The number of aromatic carboxylic acids is 1. The average Bonchev–Trinajstić information content (AvgIpc) is 2.60. The first-order chi connectivity index (χ1) is 7.09. The smallest absolute Gasteiger partial charge is 0.354 e. The maximum atomic E-state index is 11.6. The molecule has 0 radical (unpaired) electrons. The molecule has 1 amide bonds. The summed E-state index contributed by atoms with van der Waals surface area (Å²) >= 11 is 0. The third-order valence-corrected chi connectivity index (χ3v) is 2.21. The van der Waals surface area contributed by atoms with Gasteiger partial charge in [0.05, 0.1) is 12.4 Å². The molecule has 0 bridgehead atoms. The molecule has 0 unspecified atom stereocenters. The number of aliphatic hydroxyl groups excluding tert-OH is 1. The predicted octanol–water partition coefficient (Wildman–Crippen LogP) is -1.08. The molecule has 15 heavy (non-hydrogen) atoms. The van der Waals surface area contributed by atoms with Crippen LogP contribution in [-0.4, -0.2) is 56.2 Å². The molecule has 2 rings (SSSR count). The summed E-state index contributed by atoms with van der Waals surface area (Å²) in [6, 6.07) is 0. The van der Waals surface area contributed by atoms with Crippen LogP contribution in [0.1, 0.15) is 21.0 Å². The number of aromatic amines is 1. The number of aliphatic hydroxyl groups is 1. The van der Waals surface area contributed by atoms with Gasteiger partial charge in [-0.15, -0.1) is 0 Å². The Morgan fingerprint density at radius 3 is 2.73 bits per heavy atom. The number of carbonyl (C=O) groups excluding carboxylic acids is 1. The highest BCUT2D eigenvalue weighted by molar-refractivity contribution is 6.02. The molecule has 0 saturated carbocycles. The number of carboxylic acid groups (broad SMARTS) is 1. The molecule has 0 spiro atoms. The number of aromatic nitrogens is 2. The van der Waals surface area contributed by atoms with Gasteiger partial charge in [-0.3, -0.25) is 4.79 Å². The minimum Gasteiger partial charge on any atom is -0.477 e. The summed E-state index contributed by atoms with van der Waals surface area (Å²) < 4.78 is 0. The van der Waals surface area contributed by atoms with Gasteiger partial charge in [0.2, 0.25) is 0 Å². The van der Waals surface area contributed by atoms with E-state index in [2.05, 4.69) is 9.97 Å². The number of hydrogen-bond donors (Lipinski definition) is 3. The summed E-state index contributed by atoms with van der Waals surface area (Å²) in [5.74, 6) is -1.70. The van der Waals surface area contributed by atoms with E-state index in [1.807, 2.05) is 0 Å². The Morgan fingerprint density at radius 2 is 2.20 bits per heavy atom. The van der Waals surface area contributed by atoms with Crippen molar-refractivity contribution in [1.82, 2.24) is 14.9 Å². The van der Waals surface area contributed by atoms with E-state index in [1.54, 1.807) is 0 Å². The fraction of sp³-hybridized carbons (Fsp3) is 0.375. The van der Waals surface area contributed by atoms with E-state index < -0.39 is 18.0 Å². The fourth-order valence-electron chi connectivity index (χ4n) is 1.39. The largest absolute Gasteiger partial charge is 0.477 e. The van der Waals surface area contributed by atoms with Gasteiger partial charge in [0.1, 0.15) is 0 Å². The number of imidazole rings is 1. The zero-order valence-corrected chi connectivity index (χ0v) is 7.67. The Morgan fingerprint density at radius 1 is 1.53 bits per heavy atom. The monoisotopic (exact) mass is 211 g/mol. The number of β-amino-alcohol motifs (C(OH)–C–C–N with tert-alkyl or cyclic N) is 1. The lowest BCUT2D eigenvalue weighted by Crippen LogP contribution is -2.53. The van der Waals surface area contributed by atoms with Crippen molar-refractivity contribution in [3.63, 3.8) is 0 Å². The third-order valence-electron chi connectivity index (χ3n) is 2.21. The van der Waals surface area contributed by atoms with Crippen LogP contribution in [0.5, 0.6) is 0 Å². The molecule has 0 aromatic carbocycles. The van der Waals surface area contributed by atoms with Gasteiger partial charge < -0.3 is 20.1 Å². The first-order valence-electron chi connectivity index (χ1n) is 4.33. The summed E-state index contributed by atoms with van der Waals surface area (Å²) in [5, 5.41) is 17.7. The van der Waals surface area contributed by atoms with Crippen LogP contribution in [0.15, 0.2) is 6.33 Å². The topological polar surface area (TPSA) is 107 Å². The van der Waals surface area contributed by atoms with E-state index in [1.165, 1.54) is 4.90 Å². The highest BCUT2D eigenvalue weighted by atomic mass is 16.4. The molecule has 2 heterocycles. The molecule has 1 aliphatic heterocycles. The maximum absolute atomic E-state index is 11.6. The second-order valence-corrected chi connectivity index (χ2v) is 3.30. The van der Waals surface area contributed by atoms with Crippen molar-refractivity contribution in [2.45, 2.75) is 6.10 Å². The lowest BCUT2D eigenvalue weighted by atomic mass is 10.1. The van der Waals surface area contributed by atoms with E-state index in [-0.39, 0.29) is 24.5 Å². The summed E-state index contributed by atoms with van der Waals surface area (Å²) in [4.78, 5) is 29.7. The van der Waals surface area contributed by atoms with Gasteiger partial charge in [0, 0.05) is 13.1 Å². The van der Waals surface area contributed by atoms with Gasteiger partial charge >= 0.3 is 5.97 Å². The van der Waals surface area contributed by atoms with E-state index in [0.717, 1.165) is 6.33 Å². The standard InChI is InChI=1S/C8H9N3O4/c12-4-1-11(2-4)7(13)5-6(8(14)15)10-3-9-5/h3-4,12H,1-2H2,(H,9,10)(H,14,15). The zero-order valence-electron chi connectivity index (χ0n) is 7.67. The zero-order chi connectivity index (χ0) is 11.0. The van der Waals surface area contributed by atoms with Crippen molar-refractivity contribution in [3.8, 4) is 0 Å². The minimum atomic E-state index is -1.23. The summed E-state index contributed by atoms with van der Waals surface area (Å²) in [6.45, 7) is 0.454. The molecule has 1 fully saturated rings. The number of carboxylic acids is 1. The number of hydrogen-bond acceptors (Lipinski definition) is 4. The van der Waals surface area contributed by atoms with Crippen LogP contribution in [0, 0.1) is 0 Å². The molecular formula is C8H9N3O4. The molecule has 7 heteroatoms. The minimum absolute atomic E-state index is 0.116. The van der Waals surface area contributed by atoms with Crippen LogP contribution in [0.25, 0.3) is 0 Å². The Bertz CT molecular complexity index is 408. The Hall–Kier alpha value is -1.89. The SMILES string of the molecule is O=C(O)c1[nH]cnc1C(=O)N1CC(O)C1. The molecule has 1 aromatic rings. The van der Waals surface area contributed by atoms with Gasteiger partial charge in [0.25, 0.3) is 5.91 Å². The van der Waals surface area contributed by atoms with Gasteiger partial charge in [-0.25, -0.2) is 9.78 Å². The highest BCUT2D eigenvalue weighted by Crippen LogP contribution is 2.13. The van der Waals surface area contributed by atoms with Crippen molar-refractivity contribution in [2.75, 3.05) is 13.1 Å². The van der Waals surface area contributed by atoms with Crippen LogP contribution in [0.3, 0.4) is 0 Å². The van der Waals surface area contributed by atoms with Crippen molar-refractivity contribution in [1.29, 1.82) is 0 Å². The number of carbonyl (C=O) groups is 2. The molecular weight excluding hydrogens is 202 g/mol. The van der Waals surface area contributed by atoms with Crippen LogP contribution >= 0.6 is 0 Å². The highest BCUT2D eigenvalue weighted by Gasteiger charge is 2.32. The predicted molar refractivity (Wildman–Crippen MR) is 47.5 cm³/mol. The summed E-state index contributed by atoms with van der Waals surface area (Å²) in [6.07, 6.45) is 0.647. The van der Waals surface area contributed by atoms with Crippen molar-refractivity contribution < 1.29 is 19.8 Å². The second kappa shape index (κ2) is 3.35. The number of nitrogens with one attached hydrogen (secondary N) is 1. The molecule has 1 aliphatic rings. The number of H-pyrrole nitrogens is 1. The van der Waals surface area contributed by atoms with Gasteiger partial charge in [-0.2, -0.15) is 0 Å². The van der Waals surface area contributed by atoms with E-state index in [0.29, 0.717) is 0 Å². The second-order valence-electron chi connectivity index (χ2n) is 3.30. The molecule has 7 nitrogen and oxygen atoms in total. The fourth-order valence-corrected chi connectivity index (χ4v) is 1.39. The van der Waals surface area contributed by atoms with Crippen LogP contribution in [-0.2, 0) is 0 Å². The van der Waals surface area contributed by atoms with Gasteiger partial charge in [-0.1, -0.05) is 0 Å². The summed E-state index contributed by atoms with van der Waals surface area (Å²) in [7, 11) is 0. The van der Waals surface area contributed by atoms with Crippen LogP contribution < -0.4 is 0 Å². The summed E-state index contributed by atoms with van der Waals surface area (Å²) in [5.41, 5.74) is -0.337. The first-order valence-corrected chi connectivity index (χ1v) is 4.33. The Kier molecular flexibility index (Phi) is 2.16. The average molecular weight is 211 g/mol. The normalized spacial score (nSPS) is 16.2. The van der Waals surface area contributed by atoms with E-state index >= 15 is 0 Å². The molecule has 1 saturated heterocycles. The maximum Gasteiger partial charge on any atom is 0.354 e. The lowest BCUT2D eigenvalue weighted by molar-refractivity contribution is 0.00538. The van der Waals surface area contributed by atoms with Crippen molar-refractivity contribution in [3.05, 3.63) is 17.7 Å². The molecule has 0 aliphatic carbocycles. The number of amides is 1. The Balaban J connectivity index is 2.19. The first kappa shape index (κ1) is 9.66. The van der Waals surface area contributed by atoms with Crippen molar-refractivity contribution in [2.24, 2.45) is 0 Å². The quantitative estimate of drug-likeness (QED) is 0.577. The van der Waals surface area contributed by atoms with Crippen LogP contribution in [0.2, 0.25) is 0 Å². The van der Waals surface area contributed by atoms with E-state index in [9.17, 15) is 9.59 Å². The number of nitrogens with zero attached hydrogens (tertiary/aromatic N) is 2. The number of likely N-dealkylation sites (tertiary alicyclic amines) is 1. The van der Waals surface area contributed by atoms with E-state index in [4.69, 9.17) is 10.2 Å². The number of rotatable bonds is 2. The lowest BCUT2D eigenvalue weighted by Gasteiger charge is -2.35. The van der Waals surface area contributed by atoms with Gasteiger partial charge in [0.15, 0.2) is 11.4 Å². The van der Waals surface area contributed by atoms with Crippen molar-refractivity contribution >= 4 is 11.9 Å². The molecule has 0 atom stereocenters.